The first-order chi connectivity index (χ1) is 8.22. The molecule has 0 radical (unpaired) electrons. The quantitative estimate of drug-likeness (QED) is 0.385. The number of benzene rings is 1. The van der Waals surface area contributed by atoms with Crippen molar-refractivity contribution in [1.29, 1.82) is 0 Å². The fourth-order valence-corrected chi connectivity index (χ4v) is 3.31. The SMILES string of the molecule is CC(=O)O.CC(=O)O.O=Ic1cccc(I)c1I. The highest BCUT2D eigenvalue weighted by atomic mass is 127. The summed E-state index contributed by atoms with van der Waals surface area (Å²) in [6, 6.07) is 5.88. The van der Waals surface area contributed by atoms with Crippen LogP contribution < -0.4 is 0 Å². The molecule has 5 nitrogen and oxygen atoms in total. The minimum Gasteiger partial charge on any atom is -0.481 e. The van der Waals surface area contributed by atoms with E-state index in [1.165, 1.54) is 3.57 Å². The lowest BCUT2D eigenvalue weighted by molar-refractivity contribution is -0.135. The molecule has 0 bridgehead atoms. The van der Waals surface area contributed by atoms with E-state index < -0.39 is 33.1 Å². The van der Waals surface area contributed by atoms with Crippen molar-refractivity contribution in [3.05, 3.63) is 28.9 Å². The predicted molar refractivity (Wildman–Crippen MR) is 91.9 cm³/mol. The van der Waals surface area contributed by atoms with Crippen LogP contribution in [0.2, 0.25) is 0 Å². The third-order valence-electron chi connectivity index (χ3n) is 0.988. The van der Waals surface area contributed by atoms with Crippen LogP contribution in [0.25, 0.3) is 0 Å². The highest BCUT2D eigenvalue weighted by molar-refractivity contribution is 14.2. The standard InChI is InChI=1S/C6H3I3O.2C2H4O2/c7-4-2-1-3-5(9-10)6(4)8;2*1-2(3)4/h1-3H;2*1H3,(H,3,4). The lowest BCUT2D eigenvalue weighted by Gasteiger charge is -1.95. The van der Waals surface area contributed by atoms with Gasteiger partial charge in [0.05, 0.1) is 3.57 Å². The largest absolute Gasteiger partial charge is 0.481 e. The Morgan fingerprint density at radius 3 is 1.78 bits per heavy atom. The number of carboxylic acid groups (broad SMARTS) is 2. The van der Waals surface area contributed by atoms with Gasteiger partial charge in [-0.3, -0.25) is 12.7 Å². The number of aliphatic carboxylic acids is 2. The van der Waals surface area contributed by atoms with Gasteiger partial charge in [0.15, 0.2) is 21.2 Å². The molecule has 0 fully saturated rings. The lowest BCUT2D eigenvalue weighted by Crippen LogP contribution is -1.82. The molecule has 0 aliphatic heterocycles. The van der Waals surface area contributed by atoms with Crippen LogP contribution in [-0.2, 0) is 12.7 Å². The molecule has 2 N–H and O–H groups in total. The Balaban J connectivity index is 0. The monoisotopic (exact) mass is 592 g/mol. The first kappa shape index (κ1) is 20.5. The highest BCUT2D eigenvalue weighted by Crippen LogP contribution is 2.22. The third-order valence-corrected chi connectivity index (χ3v) is 6.49. The fourth-order valence-electron chi connectivity index (χ4n) is 0.537. The fraction of sp³-hybridized carbons (Fsp3) is 0.200. The maximum absolute atomic E-state index is 10.6. The second kappa shape index (κ2) is 12.2. The van der Waals surface area contributed by atoms with E-state index in [0.29, 0.717) is 0 Å². The normalized spacial score (nSPS) is 8.22. The molecule has 0 aliphatic carbocycles. The van der Waals surface area contributed by atoms with E-state index >= 15 is 0 Å². The van der Waals surface area contributed by atoms with Crippen LogP contribution in [0.15, 0.2) is 18.2 Å². The second-order valence-corrected chi connectivity index (χ2v) is 6.49. The van der Waals surface area contributed by atoms with Gasteiger partial charge in [0, 0.05) is 21.0 Å². The number of halogens is 3. The van der Waals surface area contributed by atoms with Crippen molar-refractivity contribution in [2.75, 3.05) is 0 Å². The van der Waals surface area contributed by atoms with E-state index in [0.717, 1.165) is 21.0 Å². The molecule has 0 heterocycles. The summed E-state index contributed by atoms with van der Waals surface area (Å²) in [5.74, 6) is -1.67. The van der Waals surface area contributed by atoms with E-state index in [9.17, 15) is 3.07 Å². The van der Waals surface area contributed by atoms with Crippen molar-refractivity contribution in [2.24, 2.45) is 0 Å². The Morgan fingerprint density at radius 1 is 1.11 bits per heavy atom. The summed E-state index contributed by atoms with van der Waals surface area (Å²) in [6.07, 6.45) is 0. The Labute approximate surface area is 142 Å². The average molecular weight is 592 g/mol. The number of hydrogen-bond acceptors (Lipinski definition) is 3. The van der Waals surface area contributed by atoms with Crippen LogP contribution in [0.4, 0.5) is 0 Å². The van der Waals surface area contributed by atoms with Gasteiger partial charge in [-0.1, -0.05) is 6.07 Å². The summed E-state index contributed by atoms with van der Waals surface area (Å²) in [5.41, 5.74) is 0. The second-order valence-electron chi connectivity index (χ2n) is 2.65. The van der Waals surface area contributed by atoms with Gasteiger partial charge in [-0.25, -0.2) is 0 Å². The molecule has 0 unspecified atom stereocenters. The molecule has 0 aliphatic rings. The van der Waals surface area contributed by atoms with Crippen molar-refractivity contribution in [3.63, 3.8) is 0 Å². The molecule has 0 atom stereocenters. The van der Waals surface area contributed by atoms with E-state index in [-0.39, 0.29) is 0 Å². The third kappa shape index (κ3) is 14.2. The molecule has 0 saturated carbocycles. The molecule has 1 rings (SSSR count). The highest BCUT2D eigenvalue weighted by Gasteiger charge is 2.00. The van der Waals surface area contributed by atoms with Crippen LogP contribution >= 0.6 is 66.4 Å². The number of carboxylic acids is 2. The first-order valence-electron chi connectivity index (χ1n) is 4.32. The van der Waals surface area contributed by atoms with Gasteiger partial charge in [-0.2, -0.15) is 0 Å². The molecule has 0 aromatic heterocycles. The number of rotatable bonds is 1. The van der Waals surface area contributed by atoms with Crippen LogP contribution in [0.5, 0.6) is 0 Å². The molecule has 102 valence electrons. The molecule has 1 aromatic rings. The van der Waals surface area contributed by atoms with Crippen molar-refractivity contribution in [3.8, 4) is 0 Å². The Kier molecular flexibility index (Phi) is 13.9. The molecule has 0 saturated heterocycles. The summed E-state index contributed by atoms with van der Waals surface area (Å²) in [6.45, 7) is 2.17. The van der Waals surface area contributed by atoms with Gasteiger partial charge in [-0.05, 0) is 57.3 Å². The zero-order valence-corrected chi connectivity index (χ0v) is 16.0. The van der Waals surface area contributed by atoms with Gasteiger partial charge in [-0.15, -0.1) is 0 Å². The summed E-state index contributed by atoms with van der Waals surface area (Å²) < 4.78 is 13.9. The first-order valence-corrected chi connectivity index (χ1v) is 8.44. The minimum atomic E-state index is -0.991. The number of carbonyl (C=O) groups is 2. The topological polar surface area (TPSA) is 91.7 Å². The van der Waals surface area contributed by atoms with E-state index in [2.05, 4.69) is 45.2 Å². The van der Waals surface area contributed by atoms with Gasteiger partial charge < -0.3 is 10.2 Å². The maximum atomic E-state index is 10.6. The van der Waals surface area contributed by atoms with Crippen LogP contribution in [0, 0.1) is 10.7 Å². The van der Waals surface area contributed by atoms with E-state index in [1.54, 1.807) is 0 Å². The van der Waals surface area contributed by atoms with E-state index in [1.807, 2.05) is 18.2 Å². The molecular weight excluding hydrogens is 581 g/mol. The predicted octanol–water partition coefficient (Wildman–Crippen LogP) is 3.56. The van der Waals surface area contributed by atoms with E-state index in [4.69, 9.17) is 19.8 Å². The Morgan fingerprint density at radius 2 is 1.50 bits per heavy atom. The Hall–Kier alpha value is 0.150. The van der Waals surface area contributed by atoms with Crippen LogP contribution in [0.3, 0.4) is 0 Å². The summed E-state index contributed by atoms with van der Waals surface area (Å²) in [5, 5.41) is 14.8. The maximum Gasteiger partial charge on any atom is 0.300 e. The molecule has 18 heavy (non-hydrogen) atoms. The zero-order chi connectivity index (χ0) is 14.7. The Bertz CT molecular complexity index is 400. The summed E-state index contributed by atoms with van der Waals surface area (Å²) >= 11 is 3.48. The average Bonchev–Trinajstić information content (AvgIpc) is 2.20. The zero-order valence-electron chi connectivity index (χ0n) is 9.49. The number of hydrogen-bond donors (Lipinski definition) is 2. The van der Waals surface area contributed by atoms with Crippen LogP contribution in [0.1, 0.15) is 13.8 Å². The van der Waals surface area contributed by atoms with Gasteiger partial charge >= 0.3 is 0 Å². The molecule has 0 amide bonds. The van der Waals surface area contributed by atoms with Crippen molar-refractivity contribution in [1.82, 2.24) is 0 Å². The lowest BCUT2D eigenvalue weighted by atomic mass is 10.4. The molecule has 0 spiro atoms. The van der Waals surface area contributed by atoms with Crippen molar-refractivity contribution >= 4 is 78.3 Å². The molecular formula is C10H11I3O5. The summed E-state index contributed by atoms with van der Waals surface area (Å²) in [4.78, 5) is 18.0. The van der Waals surface area contributed by atoms with Crippen molar-refractivity contribution < 1.29 is 22.9 Å². The smallest absolute Gasteiger partial charge is 0.300 e. The molecule has 1 aromatic carbocycles. The van der Waals surface area contributed by atoms with Crippen molar-refractivity contribution in [2.45, 2.75) is 13.8 Å². The van der Waals surface area contributed by atoms with Gasteiger partial charge in [0.2, 0.25) is 0 Å². The molecule has 8 heteroatoms. The summed E-state index contributed by atoms with van der Waals surface area (Å²) in [7, 11) is 0. The van der Waals surface area contributed by atoms with Gasteiger partial charge in [0.25, 0.3) is 11.9 Å². The minimum absolute atomic E-state index is 0.833. The van der Waals surface area contributed by atoms with Crippen LogP contribution in [-0.4, -0.2) is 22.2 Å². The van der Waals surface area contributed by atoms with Gasteiger partial charge in [0.1, 0.15) is 0 Å².